The van der Waals surface area contributed by atoms with Crippen LogP contribution in [0.5, 0.6) is 0 Å². The summed E-state index contributed by atoms with van der Waals surface area (Å²) in [5.74, 6) is 1.46. The van der Waals surface area contributed by atoms with Crippen LogP contribution in [0.3, 0.4) is 0 Å². The fraction of sp³-hybridized carbons (Fsp3) is 0.522. The molecule has 3 heterocycles. The molecule has 0 spiro atoms. The van der Waals surface area contributed by atoms with Crippen LogP contribution in [0.2, 0.25) is 0 Å². The molecule has 0 aliphatic carbocycles. The Bertz CT molecular complexity index is 948. The van der Waals surface area contributed by atoms with Gasteiger partial charge in [-0.3, -0.25) is 15.2 Å². The van der Waals surface area contributed by atoms with Gasteiger partial charge in [-0.25, -0.2) is 19.7 Å². The van der Waals surface area contributed by atoms with Crippen molar-refractivity contribution in [3.8, 4) is 0 Å². The number of nitrogens with two attached hydrogens (primary N) is 1. The summed E-state index contributed by atoms with van der Waals surface area (Å²) in [4.78, 5) is 31.9. The third-order valence-corrected chi connectivity index (χ3v) is 6.39. The highest BCUT2D eigenvalue weighted by Gasteiger charge is 2.34. The number of aromatic nitrogens is 3. The number of amides is 2. The van der Waals surface area contributed by atoms with Gasteiger partial charge in [0.1, 0.15) is 24.3 Å². The zero-order valence-corrected chi connectivity index (χ0v) is 19.1. The summed E-state index contributed by atoms with van der Waals surface area (Å²) in [6, 6.07) is 7.35. The maximum absolute atomic E-state index is 13.4. The lowest BCUT2D eigenvalue weighted by Crippen LogP contribution is -2.56. The molecule has 2 fully saturated rings. The van der Waals surface area contributed by atoms with Crippen molar-refractivity contribution in [3.05, 3.63) is 48.3 Å². The summed E-state index contributed by atoms with van der Waals surface area (Å²) in [5.41, 5.74) is 7.05. The first-order valence-electron chi connectivity index (χ1n) is 11.4. The van der Waals surface area contributed by atoms with Crippen LogP contribution >= 0.6 is 0 Å². The molecular weight excluding hydrogens is 420 g/mol. The number of carbonyl (C=O) groups excluding carboxylic acids is 1. The molecule has 10 nitrogen and oxygen atoms in total. The minimum atomic E-state index is -0.00414. The molecule has 33 heavy (non-hydrogen) atoms. The van der Waals surface area contributed by atoms with Crippen LogP contribution in [0, 0.1) is 17.2 Å². The van der Waals surface area contributed by atoms with E-state index in [2.05, 4.69) is 19.9 Å². The van der Waals surface area contributed by atoms with E-state index in [4.69, 9.17) is 15.9 Å². The zero-order chi connectivity index (χ0) is 23.2. The van der Waals surface area contributed by atoms with Crippen molar-refractivity contribution in [1.29, 1.82) is 5.41 Å². The molecule has 10 heteroatoms. The third kappa shape index (κ3) is 5.82. The van der Waals surface area contributed by atoms with Gasteiger partial charge in [0, 0.05) is 43.9 Å². The van der Waals surface area contributed by atoms with Gasteiger partial charge in [-0.2, -0.15) is 0 Å². The first kappa shape index (κ1) is 23.1. The van der Waals surface area contributed by atoms with Crippen molar-refractivity contribution in [1.82, 2.24) is 24.8 Å². The number of piperidine rings is 1. The van der Waals surface area contributed by atoms with Crippen LogP contribution in [-0.4, -0.2) is 83.1 Å². The van der Waals surface area contributed by atoms with Crippen molar-refractivity contribution in [2.24, 2.45) is 17.6 Å². The molecule has 0 saturated carbocycles. The number of hydrogen-bond acceptors (Lipinski definition) is 7. The molecular formula is C23H32N8O2. The van der Waals surface area contributed by atoms with Crippen molar-refractivity contribution in [2.75, 3.05) is 51.3 Å². The second-order valence-corrected chi connectivity index (χ2v) is 8.86. The summed E-state index contributed by atoms with van der Waals surface area (Å²) >= 11 is 0. The minimum Gasteiger partial charge on any atom is -0.384 e. The molecule has 2 amide bonds. The number of nitrogens with one attached hydrogen (secondary N) is 1. The maximum atomic E-state index is 13.4. The van der Waals surface area contributed by atoms with Gasteiger partial charge < -0.3 is 15.4 Å². The Kier molecular flexibility index (Phi) is 7.46. The predicted octanol–water partition coefficient (Wildman–Crippen LogP) is 1.57. The smallest absolute Gasteiger partial charge is 0.324 e. The number of rotatable bonds is 8. The Balaban J connectivity index is 1.39. The molecule has 1 aromatic carbocycles. The number of methoxy groups -OCH3 is 1. The standard InChI is InChI=1S/C23H32N8O2/c1-33-14-18-11-30(23(32)31(12-18)20-4-2-3-19(9-20)22(24)25)10-17-5-7-29(8-6-17)13-21-27-15-26-16-28-21/h2-4,9,15-18H,5-8,10-14H2,1H3,(H3,24,25). The largest absolute Gasteiger partial charge is 0.384 e. The van der Waals surface area contributed by atoms with Crippen LogP contribution in [0.1, 0.15) is 24.2 Å². The van der Waals surface area contributed by atoms with E-state index < -0.39 is 0 Å². The second-order valence-electron chi connectivity index (χ2n) is 8.86. The van der Waals surface area contributed by atoms with Crippen molar-refractivity contribution >= 4 is 17.6 Å². The summed E-state index contributed by atoms with van der Waals surface area (Å²) in [5, 5.41) is 7.73. The van der Waals surface area contributed by atoms with Gasteiger partial charge in [-0.15, -0.1) is 0 Å². The summed E-state index contributed by atoms with van der Waals surface area (Å²) in [7, 11) is 1.70. The topological polar surface area (TPSA) is 125 Å². The molecule has 2 saturated heterocycles. The Morgan fingerprint density at radius 2 is 1.94 bits per heavy atom. The second kappa shape index (κ2) is 10.7. The maximum Gasteiger partial charge on any atom is 0.324 e. The summed E-state index contributed by atoms with van der Waals surface area (Å²) in [6.45, 7) is 5.27. The van der Waals surface area contributed by atoms with Crippen LogP contribution in [0.25, 0.3) is 0 Å². The molecule has 4 rings (SSSR count). The summed E-state index contributed by atoms with van der Waals surface area (Å²) in [6.07, 6.45) is 5.13. The molecule has 1 aromatic heterocycles. The van der Waals surface area contributed by atoms with Crippen LogP contribution in [-0.2, 0) is 11.3 Å². The monoisotopic (exact) mass is 452 g/mol. The first-order chi connectivity index (χ1) is 16.0. The fourth-order valence-electron chi connectivity index (χ4n) is 4.69. The number of nitrogens with zero attached hydrogens (tertiary/aromatic N) is 6. The number of carbonyl (C=O) groups is 1. The number of anilines is 1. The number of ether oxygens (including phenoxy) is 1. The predicted molar refractivity (Wildman–Crippen MR) is 125 cm³/mol. The lowest BCUT2D eigenvalue weighted by molar-refractivity contribution is 0.0982. The third-order valence-electron chi connectivity index (χ3n) is 6.39. The van der Waals surface area contributed by atoms with E-state index in [0.717, 1.165) is 50.5 Å². The fourth-order valence-corrected chi connectivity index (χ4v) is 4.69. The number of amidine groups is 1. The highest BCUT2D eigenvalue weighted by Crippen LogP contribution is 2.27. The van der Waals surface area contributed by atoms with Gasteiger partial charge in [0.2, 0.25) is 0 Å². The van der Waals surface area contributed by atoms with Crippen molar-refractivity contribution in [2.45, 2.75) is 19.4 Å². The molecule has 176 valence electrons. The van der Waals surface area contributed by atoms with E-state index in [-0.39, 0.29) is 17.8 Å². The van der Waals surface area contributed by atoms with Crippen LogP contribution in [0.15, 0.2) is 36.9 Å². The lowest BCUT2D eigenvalue weighted by atomic mass is 9.95. The average Bonchev–Trinajstić information content (AvgIpc) is 2.83. The zero-order valence-electron chi connectivity index (χ0n) is 19.1. The number of urea groups is 1. The lowest BCUT2D eigenvalue weighted by Gasteiger charge is -2.42. The van der Waals surface area contributed by atoms with Gasteiger partial charge in [0.15, 0.2) is 0 Å². The van der Waals surface area contributed by atoms with E-state index in [1.54, 1.807) is 18.1 Å². The molecule has 1 atom stereocenters. The van der Waals surface area contributed by atoms with Gasteiger partial charge in [0.05, 0.1) is 13.2 Å². The Labute approximate surface area is 194 Å². The Morgan fingerprint density at radius 1 is 1.18 bits per heavy atom. The van der Waals surface area contributed by atoms with E-state index in [9.17, 15) is 4.79 Å². The van der Waals surface area contributed by atoms with Gasteiger partial charge in [-0.1, -0.05) is 12.1 Å². The highest BCUT2D eigenvalue weighted by atomic mass is 16.5. The molecule has 3 N–H and O–H groups in total. The van der Waals surface area contributed by atoms with E-state index in [1.165, 1.54) is 12.7 Å². The van der Waals surface area contributed by atoms with E-state index >= 15 is 0 Å². The quantitative estimate of drug-likeness (QED) is 0.460. The van der Waals surface area contributed by atoms with E-state index in [1.807, 2.05) is 23.1 Å². The van der Waals surface area contributed by atoms with Gasteiger partial charge in [-0.05, 0) is 44.0 Å². The number of nitrogen functional groups attached to an aromatic ring is 1. The molecule has 0 bridgehead atoms. The summed E-state index contributed by atoms with van der Waals surface area (Å²) < 4.78 is 5.43. The first-order valence-corrected chi connectivity index (χ1v) is 11.4. The van der Waals surface area contributed by atoms with Crippen molar-refractivity contribution in [3.63, 3.8) is 0 Å². The molecule has 0 radical (unpaired) electrons. The molecule has 2 aliphatic rings. The number of hydrogen-bond donors (Lipinski definition) is 2. The Morgan fingerprint density at radius 3 is 2.64 bits per heavy atom. The SMILES string of the molecule is COCC1CN(CC2CCN(Cc3ncncn3)CC2)C(=O)N(c2cccc(C(=N)N)c2)C1. The van der Waals surface area contributed by atoms with Gasteiger partial charge >= 0.3 is 6.03 Å². The molecule has 2 aliphatic heterocycles. The number of likely N-dealkylation sites (tertiary alicyclic amines) is 1. The van der Waals surface area contributed by atoms with Crippen LogP contribution in [0.4, 0.5) is 10.5 Å². The van der Waals surface area contributed by atoms with E-state index in [0.29, 0.717) is 31.2 Å². The highest BCUT2D eigenvalue weighted by molar-refractivity contribution is 5.98. The van der Waals surface area contributed by atoms with Gasteiger partial charge in [0.25, 0.3) is 0 Å². The molecule has 1 unspecified atom stereocenters. The van der Waals surface area contributed by atoms with Crippen molar-refractivity contribution < 1.29 is 9.53 Å². The average molecular weight is 453 g/mol. The Hall–Kier alpha value is -3.11. The number of benzene rings is 1. The molecule has 2 aromatic rings. The normalized spacial score (nSPS) is 20.3. The minimum absolute atomic E-state index is 0.00414. The van der Waals surface area contributed by atoms with Crippen LogP contribution < -0.4 is 10.6 Å².